The van der Waals surface area contributed by atoms with E-state index < -0.39 is 22.0 Å². The van der Waals surface area contributed by atoms with Gasteiger partial charge in [0, 0.05) is 6.04 Å². The molecular formula is C13H16N2O4S. The van der Waals surface area contributed by atoms with Gasteiger partial charge in [0.2, 0.25) is 10.0 Å². The largest absolute Gasteiger partial charge is 0.289 e. The number of piperidine rings is 1. The predicted octanol–water partition coefficient (Wildman–Crippen LogP) is 0.734. The molecule has 1 saturated heterocycles. The van der Waals surface area contributed by atoms with Crippen LogP contribution in [-0.2, 0) is 14.8 Å². The summed E-state index contributed by atoms with van der Waals surface area (Å²) in [5, 5.41) is 8.86. The van der Waals surface area contributed by atoms with E-state index in [1.54, 1.807) is 23.7 Å². The average Bonchev–Trinajstić information content (AvgIpc) is 3.08. The Labute approximate surface area is 117 Å². The molecule has 3 unspecified atom stereocenters. The van der Waals surface area contributed by atoms with Crippen LogP contribution in [0.4, 0.5) is 0 Å². The van der Waals surface area contributed by atoms with Crippen molar-refractivity contribution in [3.63, 3.8) is 0 Å². The molecule has 108 valence electrons. The average molecular weight is 296 g/mol. The second-order valence-corrected chi connectivity index (χ2v) is 7.14. The molecule has 1 saturated carbocycles. The summed E-state index contributed by atoms with van der Waals surface area (Å²) >= 11 is 0. The Bertz CT molecular complexity index is 617. The van der Waals surface area contributed by atoms with Gasteiger partial charge in [-0.2, -0.15) is 4.31 Å². The number of carbonyl (C=O) groups is 1. The van der Waals surface area contributed by atoms with E-state index in [0.717, 1.165) is 12.8 Å². The van der Waals surface area contributed by atoms with E-state index in [0.29, 0.717) is 6.42 Å². The molecule has 1 aliphatic carbocycles. The Kier molecular flexibility index (Phi) is 3.27. The summed E-state index contributed by atoms with van der Waals surface area (Å²) < 4.78 is 26.7. The number of nitrogens with zero attached hydrogens (tertiary/aromatic N) is 1. The van der Waals surface area contributed by atoms with Crippen LogP contribution in [-0.4, -0.2) is 35.9 Å². The number of hydrogen-bond acceptors (Lipinski definition) is 4. The number of amides is 1. The molecule has 0 aromatic heterocycles. The first-order chi connectivity index (χ1) is 9.55. The van der Waals surface area contributed by atoms with Crippen LogP contribution in [0.15, 0.2) is 35.2 Å². The molecule has 0 spiro atoms. The van der Waals surface area contributed by atoms with Crippen LogP contribution in [0.5, 0.6) is 0 Å². The van der Waals surface area contributed by atoms with Gasteiger partial charge in [0.05, 0.1) is 4.90 Å². The first kappa shape index (κ1) is 13.5. The van der Waals surface area contributed by atoms with Gasteiger partial charge < -0.3 is 0 Å². The Morgan fingerprint density at radius 3 is 2.60 bits per heavy atom. The zero-order valence-electron chi connectivity index (χ0n) is 10.8. The quantitative estimate of drug-likeness (QED) is 0.636. The van der Waals surface area contributed by atoms with Crippen LogP contribution in [0.2, 0.25) is 0 Å². The third kappa shape index (κ3) is 1.93. The van der Waals surface area contributed by atoms with Crippen LogP contribution in [0.1, 0.15) is 19.3 Å². The zero-order valence-corrected chi connectivity index (χ0v) is 11.6. The standard InChI is InChI=1S/C13H16N2O4S/c16-13(14-17)12-9-6-7-10(8-9)15(12)20(18,19)11-4-2-1-3-5-11/h1-5,9-10,12,17H,6-8H2,(H,14,16). The van der Waals surface area contributed by atoms with Gasteiger partial charge in [-0.3, -0.25) is 10.0 Å². The lowest BCUT2D eigenvalue weighted by molar-refractivity contribution is -0.134. The van der Waals surface area contributed by atoms with E-state index >= 15 is 0 Å². The summed E-state index contributed by atoms with van der Waals surface area (Å²) in [6, 6.07) is 7.15. The van der Waals surface area contributed by atoms with Gasteiger partial charge in [-0.25, -0.2) is 13.9 Å². The number of sulfonamides is 1. The minimum atomic E-state index is -3.71. The number of hydrogen-bond donors (Lipinski definition) is 2. The first-order valence-electron chi connectivity index (χ1n) is 6.58. The summed E-state index contributed by atoms with van der Waals surface area (Å²) in [7, 11) is -3.71. The maximum absolute atomic E-state index is 12.7. The Hall–Kier alpha value is -1.44. The van der Waals surface area contributed by atoms with Crippen molar-refractivity contribution < 1.29 is 18.4 Å². The molecule has 2 N–H and O–H groups in total. The Morgan fingerprint density at radius 2 is 1.95 bits per heavy atom. The molecule has 1 aliphatic heterocycles. The van der Waals surface area contributed by atoms with Crippen LogP contribution < -0.4 is 5.48 Å². The van der Waals surface area contributed by atoms with E-state index in [4.69, 9.17) is 5.21 Å². The SMILES string of the molecule is O=C(NO)C1C2CCC(C2)N1S(=O)(=O)c1ccccc1. The van der Waals surface area contributed by atoms with Crippen molar-refractivity contribution in [3.05, 3.63) is 30.3 Å². The summed E-state index contributed by atoms with van der Waals surface area (Å²) in [6.07, 6.45) is 2.28. The van der Waals surface area contributed by atoms with Crippen LogP contribution >= 0.6 is 0 Å². The maximum Gasteiger partial charge on any atom is 0.262 e. The second kappa shape index (κ2) is 4.83. The summed E-state index contributed by atoms with van der Waals surface area (Å²) in [6.45, 7) is 0. The maximum atomic E-state index is 12.7. The third-order valence-corrected chi connectivity index (χ3v) is 6.17. The monoisotopic (exact) mass is 296 g/mol. The minimum absolute atomic E-state index is 0.00867. The fraction of sp³-hybridized carbons (Fsp3) is 0.462. The molecule has 7 heteroatoms. The van der Waals surface area contributed by atoms with Gasteiger partial charge in [-0.15, -0.1) is 0 Å². The topological polar surface area (TPSA) is 86.7 Å². The molecule has 2 bridgehead atoms. The molecule has 2 fully saturated rings. The summed E-state index contributed by atoms with van der Waals surface area (Å²) in [5.41, 5.74) is 1.60. The van der Waals surface area contributed by atoms with E-state index in [1.807, 2.05) is 0 Å². The fourth-order valence-corrected chi connectivity index (χ4v) is 5.30. The first-order valence-corrected chi connectivity index (χ1v) is 8.02. The minimum Gasteiger partial charge on any atom is -0.289 e. The highest BCUT2D eigenvalue weighted by Crippen LogP contribution is 2.45. The highest BCUT2D eigenvalue weighted by molar-refractivity contribution is 7.89. The van der Waals surface area contributed by atoms with Crippen molar-refractivity contribution in [1.82, 2.24) is 9.79 Å². The van der Waals surface area contributed by atoms with Crippen molar-refractivity contribution in [1.29, 1.82) is 0 Å². The molecule has 0 radical (unpaired) electrons. The highest BCUT2D eigenvalue weighted by Gasteiger charge is 2.54. The van der Waals surface area contributed by atoms with Crippen LogP contribution in [0.25, 0.3) is 0 Å². The molecule has 2 aliphatic rings. The third-order valence-electron chi connectivity index (χ3n) is 4.22. The molecule has 1 heterocycles. The Balaban J connectivity index is 2.01. The summed E-state index contributed by atoms with van der Waals surface area (Å²) in [5.74, 6) is -0.651. The Morgan fingerprint density at radius 1 is 1.25 bits per heavy atom. The van der Waals surface area contributed by atoms with Gasteiger partial charge >= 0.3 is 0 Å². The van der Waals surface area contributed by atoms with E-state index in [1.165, 1.54) is 16.4 Å². The van der Waals surface area contributed by atoms with E-state index in [9.17, 15) is 13.2 Å². The lowest BCUT2D eigenvalue weighted by Crippen LogP contribution is -2.52. The zero-order chi connectivity index (χ0) is 14.3. The van der Waals surface area contributed by atoms with Gasteiger partial charge in [0.1, 0.15) is 6.04 Å². The van der Waals surface area contributed by atoms with E-state index in [-0.39, 0.29) is 16.9 Å². The van der Waals surface area contributed by atoms with Crippen molar-refractivity contribution in [2.45, 2.75) is 36.2 Å². The van der Waals surface area contributed by atoms with Gasteiger partial charge in [-0.1, -0.05) is 18.2 Å². The number of hydroxylamine groups is 1. The molecular weight excluding hydrogens is 280 g/mol. The van der Waals surface area contributed by atoms with Crippen LogP contribution in [0, 0.1) is 5.92 Å². The molecule has 1 amide bonds. The second-order valence-electron chi connectivity index (χ2n) is 5.30. The highest BCUT2D eigenvalue weighted by atomic mass is 32.2. The normalized spacial score (nSPS) is 29.6. The number of benzene rings is 1. The number of fused-ring (bicyclic) bond motifs is 2. The van der Waals surface area contributed by atoms with Crippen molar-refractivity contribution in [3.8, 4) is 0 Å². The van der Waals surface area contributed by atoms with Gasteiger partial charge in [-0.05, 0) is 37.3 Å². The smallest absolute Gasteiger partial charge is 0.262 e. The molecule has 3 rings (SSSR count). The molecule has 20 heavy (non-hydrogen) atoms. The lowest BCUT2D eigenvalue weighted by Gasteiger charge is -2.32. The van der Waals surface area contributed by atoms with Gasteiger partial charge in [0.25, 0.3) is 5.91 Å². The van der Waals surface area contributed by atoms with Crippen LogP contribution in [0.3, 0.4) is 0 Å². The molecule has 3 atom stereocenters. The molecule has 1 aromatic rings. The summed E-state index contributed by atoms with van der Waals surface area (Å²) in [4.78, 5) is 12.0. The van der Waals surface area contributed by atoms with Gasteiger partial charge in [0.15, 0.2) is 0 Å². The predicted molar refractivity (Wildman–Crippen MR) is 70.3 cm³/mol. The fourth-order valence-electron chi connectivity index (χ4n) is 3.40. The molecule has 1 aromatic carbocycles. The number of rotatable bonds is 3. The van der Waals surface area contributed by atoms with Crippen molar-refractivity contribution in [2.24, 2.45) is 5.92 Å². The molecule has 6 nitrogen and oxygen atoms in total. The number of carbonyl (C=O) groups excluding carboxylic acids is 1. The van der Waals surface area contributed by atoms with E-state index in [2.05, 4.69) is 0 Å². The number of nitrogens with one attached hydrogen (secondary N) is 1. The van der Waals surface area contributed by atoms with Crippen molar-refractivity contribution in [2.75, 3.05) is 0 Å². The lowest BCUT2D eigenvalue weighted by atomic mass is 10.00. The van der Waals surface area contributed by atoms with Crippen molar-refractivity contribution >= 4 is 15.9 Å².